The van der Waals surface area contributed by atoms with Crippen LogP contribution >= 0.6 is 11.6 Å². The molecule has 0 aliphatic heterocycles. The van der Waals surface area contributed by atoms with E-state index in [9.17, 15) is 16.8 Å². The summed E-state index contributed by atoms with van der Waals surface area (Å²) in [7, 11) is -6.70. The van der Waals surface area contributed by atoms with E-state index in [0.717, 1.165) is 18.1 Å². The second-order valence-corrected chi connectivity index (χ2v) is 10.4. The lowest BCUT2D eigenvalue weighted by Gasteiger charge is -2.10. The number of sulfone groups is 2. The Morgan fingerprint density at radius 1 is 0.778 bits per heavy atom. The van der Waals surface area contributed by atoms with Crippen LogP contribution in [-0.4, -0.2) is 39.3 Å². The van der Waals surface area contributed by atoms with Gasteiger partial charge in [0.15, 0.2) is 24.7 Å². The van der Waals surface area contributed by atoms with Crippen LogP contribution < -0.4 is 0 Å². The van der Waals surface area contributed by atoms with Gasteiger partial charge >= 0.3 is 0 Å². The Morgan fingerprint density at radius 2 is 1.41 bits per heavy atom. The molecule has 0 unspecified atom stereocenters. The summed E-state index contributed by atoms with van der Waals surface area (Å²) in [4.78, 5) is 8.55. The Morgan fingerprint density at radius 3 is 1.93 bits per heavy atom. The fourth-order valence-electron chi connectivity index (χ4n) is 2.51. The van der Waals surface area contributed by atoms with Gasteiger partial charge in [0.2, 0.25) is 0 Å². The molecule has 140 valence electrons. The molecule has 0 N–H and O–H groups in total. The number of nitrogens with zero attached hydrogens (tertiary/aromatic N) is 2. The van der Waals surface area contributed by atoms with Crippen molar-refractivity contribution in [3.8, 4) is 22.4 Å². The molecule has 0 amide bonds. The first-order valence-corrected chi connectivity index (χ1v) is 11.8. The highest BCUT2D eigenvalue weighted by atomic mass is 35.5. The fourth-order valence-corrected chi connectivity index (χ4v) is 3.86. The number of aromatic nitrogens is 2. The van der Waals surface area contributed by atoms with E-state index in [-0.39, 0.29) is 9.92 Å². The van der Waals surface area contributed by atoms with Crippen LogP contribution in [0.5, 0.6) is 0 Å². The lowest BCUT2D eigenvalue weighted by molar-refractivity contribution is 0.597. The quantitative estimate of drug-likeness (QED) is 0.640. The predicted molar refractivity (Wildman–Crippen MR) is 104 cm³/mol. The smallest absolute Gasteiger partial charge is 0.192 e. The molecule has 27 heavy (non-hydrogen) atoms. The second kappa shape index (κ2) is 7.03. The summed E-state index contributed by atoms with van der Waals surface area (Å²) in [5, 5.41) is 0.390. The van der Waals surface area contributed by atoms with Crippen LogP contribution in [0, 0.1) is 0 Å². The minimum Gasteiger partial charge on any atom is -0.254 e. The molecule has 1 aromatic carbocycles. The van der Waals surface area contributed by atoms with Gasteiger partial charge in [0.25, 0.3) is 0 Å². The van der Waals surface area contributed by atoms with Crippen molar-refractivity contribution in [1.29, 1.82) is 0 Å². The maximum Gasteiger partial charge on any atom is 0.192 e. The first kappa shape index (κ1) is 19.5. The minimum atomic E-state index is -3.40. The van der Waals surface area contributed by atoms with Crippen LogP contribution in [0.2, 0.25) is 5.02 Å². The Hall–Kier alpha value is -2.29. The standard InChI is InChI=1S/C18H15ClN2O4S2/c1-26(22,23)15-6-3-12(4-7-15)16-9-14(19)11-21-18(16)13-5-8-17(20-10-13)27(2,24)25/h3-11H,1-2H3. The van der Waals surface area contributed by atoms with Gasteiger partial charge in [-0.05, 0) is 35.9 Å². The molecular weight excluding hydrogens is 408 g/mol. The minimum absolute atomic E-state index is 0.0285. The first-order valence-electron chi connectivity index (χ1n) is 7.68. The van der Waals surface area contributed by atoms with Gasteiger partial charge in [0, 0.05) is 36.0 Å². The zero-order valence-corrected chi connectivity index (χ0v) is 16.8. The number of pyridine rings is 2. The van der Waals surface area contributed by atoms with E-state index in [0.29, 0.717) is 21.8 Å². The van der Waals surface area contributed by atoms with E-state index in [1.54, 1.807) is 24.3 Å². The first-order chi connectivity index (χ1) is 12.6. The van der Waals surface area contributed by atoms with Crippen LogP contribution in [-0.2, 0) is 19.7 Å². The third kappa shape index (κ3) is 4.35. The summed E-state index contributed by atoms with van der Waals surface area (Å²) < 4.78 is 46.5. The normalized spacial score (nSPS) is 12.1. The summed E-state index contributed by atoms with van der Waals surface area (Å²) in [5.74, 6) is 0. The molecule has 3 rings (SSSR count). The largest absolute Gasteiger partial charge is 0.254 e. The number of benzene rings is 1. The van der Waals surface area contributed by atoms with Crippen molar-refractivity contribution in [3.05, 3.63) is 59.9 Å². The molecule has 0 aliphatic rings. The molecule has 0 fully saturated rings. The van der Waals surface area contributed by atoms with Crippen LogP contribution in [0.25, 0.3) is 22.4 Å². The van der Waals surface area contributed by atoms with Crippen molar-refractivity contribution in [1.82, 2.24) is 9.97 Å². The topological polar surface area (TPSA) is 94.1 Å². The van der Waals surface area contributed by atoms with Crippen molar-refractivity contribution in [3.63, 3.8) is 0 Å². The highest BCUT2D eigenvalue weighted by Crippen LogP contribution is 2.32. The monoisotopic (exact) mass is 422 g/mol. The number of rotatable bonds is 4. The molecule has 6 nitrogen and oxygen atoms in total. The highest BCUT2D eigenvalue weighted by molar-refractivity contribution is 7.91. The molecule has 2 aromatic heterocycles. The lowest BCUT2D eigenvalue weighted by Crippen LogP contribution is -2.00. The van der Waals surface area contributed by atoms with Crippen LogP contribution in [0.15, 0.2) is 64.8 Å². The molecule has 9 heteroatoms. The average molecular weight is 423 g/mol. The number of hydrogen-bond donors (Lipinski definition) is 0. The number of hydrogen-bond acceptors (Lipinski definition) is 6. The van der Waals surface area contributed by atoms with E-state index in [1.165, 1.54) is 30.6 Å². The van der Waals surface area contributed by atoms with E-state index < -0.39 is 19.7 Å². The second-order valence-electron chi connectivity index (χ2n) is 6.00. The third-order valence-corrected chi connectivity index (χ3v) is 6.17. The van der Waals surface area contributed by atoms with Gasteiger partial charge in [0.1, 0.15) is 0 Å². The molecule has 0 saturated carbocycles. The molecular formula is C18H15ClN2O4S2. The van der Waals surface area contributed by atoms with Gasteiger partial charge in [0.05, 0.1) is 15.6 Å². The maximum atomic E-state index is 11.6. The SMILES string of the molecule is CS(=O)(=O)c1ccc(-c2cc(Cl)cnc2-c2ccc(S(C)(=O)=O)nc2)cc1. The Labute approximate surface area is 162 Å². The zero-order chi connectivity index (χ0) is 19.8. The van der Waals surface area contributed by atoms with Gasteiger partial charge in [-0.1, -0.05) is 23.7 Å². The van der Waals surface area contributed by atoms with Crippen molar-refractivity contribution in [2.75, 3.05) is 12.5 Å². The van der Waals surface area contributed by atoms with Gasteiger partial charge in [-0.2, -0.15) is 0 Å². The molecule has 0 aliphatic carbocycles. The van der Waals surface area contributed by atoms with Crippen molar-refractivity contribution in [2.24, 2.45) is 0 Å². The third-order valence-electron chi connectivity index (χ3n) is 3.84. The Kier molecular flexibility index (Phi) is 5.07. The predicted octanol–water partition coefficient (Wildman–Crippen LogP) is 3.27. The molecule has 3 aromatic rings. The molecule has 0 spiro atoms. The summed E-state index contributed by atoms with van der Waals surface area (Å²) in [6.07, 6.45) is 5.14. The summed E-state index contributed by atoms with van der Waals surface area (Å²) in [6.45, 7) is 0. The van der Waals surface area contributed by atoms with Gasteiger partial charge in [-0.15, -0.1) is 0 Å². The summed E-state index contributed by atoms with van der Waals surface area (Å²) in [6, 6.07) is 11.1. The van der Waals surface area contributed by atoms with E-state index in [1.807, 2.05) is 0 Å². The average Bonchev–Trinajstić information content (AvgIpc) is 2.60. The summed E-state index contributed by atoms with van der Waals surface area (Å²) >= 11 is 6.09. The van der Waals surface area contributed by atoms with Gasteiger partial charge < -0.3 is 0 Å². The molecule has 0 bridgehead atoms. The van der Waals surface area contributed by atoms with E-state index in [2.05, 4.69) is 9.97 Å². The van der Waals surface area contributed by atoms with Crippen LogP contribution in [0.3, 0.4) is 0 Å². The number of halogens is 1. The van der Waals surface area contributed by atoms with Gasteiger partial charge in [-0.3, -0.25) is 4.98 Å². The van der Waals surface area contributed by atoms with E-state index >= 15 is 0 Å². The van der Waals surface area contributed by atoms with Gasteiger partial charge in [-0.25, -0.2) is 21.8 Å². The lowest BCUT2D eigenvalue weighted by atomic mass is 10.0. The van der Waals surface area contributed by atoms with E-state index in [4.69, 9.17) is 11.6 Å². The molecule has 0 radical (unpaired) electrons. The van der Waals surface area contributed by atoms with Crippen LogP contribution in [0.1, 0.15) is 0 Å². The highest BCUT2D eigenvalue weighted by Gasteiger charge is 2.14. The van der Waals surface area contributed by atoms with Crippen LogP contribution in [0.4, 0.5) is 0 Å². The molecule has 0 saturated heterocycles. The Balaban J connectivity index is 2.11. The maximum absolute atomic E-state index is 11.6. The zero-order valence-electron chi connectivity index (χ0n) is 14.4. The summed E-state index contributed by atoms with van der Waals surface area (Å²) in [5.41, 5.74) is 2.57. The van der Waals surface area contributed by atoms with Crippen molar-refractivity contribution >= 4 is 31.3 Å². The Bertz CT molecular complexity index is 1210. The van der Waals surface area contributed by atoms with Crippen molar-refractivity contribution in [2.45, 2.75) is 9.92 Å². The fraction of sp³-hybridized carbons (Fsp3) is 0.111. The van der Waals surface area contributed by atoms with Crippen molar-refractivity contribution < 1.29 is 16.8 Å². The molecule has 0 atom stereocenters. The molecule has 2 heterocycles.